The minimum atomic E-state index is -1.88. The lowest BCUT2D eigenvalue weighted by Gasteiger charge is -2.19. The molecular weight excluding hydrogens is 327 g/mol. The molecule has 1 aromatic carbocycles. The van der Waals surface area contributed by atoms with E-state index >= 15 is 0 Å². The third-order valence-electron chi connectivity index (χ3n) is 3.59. The van der Waals surface area contributed by atoms with Gasteiger partial charge in [0.1, 0.15) is 5.82 Å². The SMILES string of the molecule is Nc1cc(C(=O)N[C@@H](Cc2cccc(C(=O)O)c2N)B(O)O)ccn1. The summed E-state index contributed by atoms with van der Waals surface area (Å²) in [6.45, 7) is 0. The molecule has 25 heavy (non-hydrogen) atoms. The van der Waals surface area contributed by atoms with Crippen LogP contribution >= 0.6 is 0 Å². The molecule has 0 aliphatic rings. The number of nitrogens with one attached hydrogen (secondary N) is 1. The van der Waals surface area contributed by atoms with E-state index in [1.54, 1.807) is 6.07 Å². The molecule has 1 heterocycles. The van der Waals surface area contributed by atoms with Crippen molar-refractivity contribution in [2.75, 3.05) is 11.5 Å². The maximum Gasteiger partial charge on any atom is 0.475 e. The van der Waals surface area contributed by atoms with Gasteiger partial charge in [-0.3, -0.25) is 4.79 Å². The summed E-state index contributed by atoms with van der Waals surface area (Å²) >= 11 is 0. The second kappa shape index (κ2) is 7.64. The number of para-hydroxylation sites is 1. The van der Waals surface area contributed by atoms with Crippen LogP contribution in [0.15, 0.2) is 36.5 Å². The first-order chi connectivity index (χ1) is 11.8. The average Bonchev–Trinajstić information content (AvgIpc) is 2.55. The van der Waals surface area contributed by atoms with Gasteiger partial charge in [0.2, 0.25) is 0 Å². The summed E-state index contributed by atoms with van der Waals surface area (Å²) < 4.78 is 0. The van der Waals surface area contributed by atoms with Crippen molar-refractivity contribution in [2.45, 2.75) is 12.4 Å². The van der Waals surface area contributed by atoms with Gasteiger partial charge in [0.25, 0.3) is 5.91 Å². The van der Waals surface area contributed by atoms with Crippen LogP contribution in [-0.4, -0.2) is 45.1 Å². The van der Waals surface area contributed by atoms with E-state index in [9.17, 15) is 19.6 Å². The summed E-state index contributed by atoms with van der Waals surface area (Å²) in [7, 11) is -1.88. The lowest BCUT2D eigenvalue weighted by Crippen LogP contribution is -2.48. The highest BCUT2D eigenvalue weighted by Gasteiger charge is 2.27. The van der Waals surface area contributed by atoms with E-state index in [1.807, 2.05) is 0 Å². The van der Waals surface area contributed by atoms with E-state index in [4.69, 9.17) is 16.6 Å². The number of aromatic nitrogens is 1. The van der Waals surface area contributed by atoms with Gasteiger partial charge in [-0.2, -0.15) is 0 Å². The molecule has 8 N–H and O–H groups in total. The molecule has 2 rings (SSSR count). The minimum Gasteiger partial charge on any atom is -0.478 e. The summed E-state index contributed by atoms with van der Waals surface area (Å²) in [5, 5.41) is 30.6. The van der Waals surface area contributed by atoms with Gasteiger partial charge in [0.05, 0.1) is 11.5 Å². The molecule has 0 aliphatic heterocycles. The molecule has 9 nitrogen and oxygen atoms in total. The van der Waals surface area contributed by atoms with Gasteiger partial charge in [-0.15, -0.1) is 0 Å². The molecule has 130 valence electrons. The Morgan fingerprint density at radius 3 is 2.56 bits per heavy atom. The van der Waals surface area contributed by atoms with Gasteiger partial charge in [-0.1, -0.05) is 12.1 Å². The molecular formula is C15H17BN4O5. The van der Waals surface area contributed by atoms with Crippen molar-refractivity contribution in [1.82, 2.24) is 10.3 Å². The number of pyridine rings is 1. The highest BCUT2D eigenvalue weighted by molar-refractivity contribution is 6.43. The normalized spacial score (nSPS) is 11.6. The zero-order valence-electron chi connectivity index (χ0n) is 13.1. The Morgan fingerprint density at radius 1 is 1.24 bits per heavy atom. The smallest absolute Gasteiger partial charge is 0.475 e. The molecule has 0 aliphatic carbocycles. The molecule has 2 aromatic rings. The van der Waals surface area contributed by atoms with Crippen molar-refractivity contribution in [3.8, 4) is 0 Å². The quantitative estimate of drug-likeness (QED) is 0.295. The number of carbonyl (C=O) groups is 2. The Balaban J connectivity index is 2.21. The van der Waals surface area contributed by atoms with Crippen LogP contribution in [-0.2, 0) is 6.42 Å². The zero-order chi connectivity index (χ0) is 18.6. The molecule has 10 heteroatoms. The van der Waals surface area contributed by atoms with E-state index in [2.05, 4.69) is 10.3 Å². The largest absolute Gasteiger partial charge is 0.478 e. The number of anilines is 2. The highest BCUT2D eigenvalue weighted by atomic mass is 16.4. The van der Waals surface area contributed by atoms with Gasteiger partial charge in [-0.05, 0) is 30.2 Å². The molecule has 0 saturated carbocycles. The number of benzene rings is 1. The predicted octanol–water partition coefficient (Wildman–Crippen LogP) is -0.703. The van der Waals surface area contributed by atoms with Crippen molar-refractivity contribution in [2.24, 2.45) is 0 Å². The molecule has 0 radical (unpaired) electrons. The zero-order valence-corrected chi connectivity index (χ0v) is 13.1. The fraction of sp³-hybridized carbons (Fsp3) is 0.133. The monoisotopic (exact) mass is 344 g/mol. The van der Waals surface area contributed by atoms with Crippen molar-refractivity contribution < 1.29 is 24.7 Å². The summed E-state index contributed by atoms with van der Waals surface area (Å²) in [5.41, 5.74) is 11.8. The number of hydrogen-bond donors (Lipinski definition) is 6. The predicted molar refractivity (Wildman–Crippen MR) is 91.6 cm³/mol. The molecule has 0 saturated heterocycles. The first kappa shape index (κ1) is 18.2. The first-order valence-corrected chi connectivity index (χ1v) is 7.28. The lowest BCUT2D eigenvalue weighted by atomic mass is 9.75. The van der Waals surface area contributed by atoms with Gasteiger partial charge < -0.3 is 31.9 Å². The fourth-order valence-electron chi connectivity index (χ4n) is 2.29. The maximum absolute atomic E-state index is 12.2. The lowest BCUT2D eigenvalue weighted by molar-refractivity contribution is 0.0697. The Morgan fingerprint density at radius 2 is 1.96 bits per heavy atom. The number of nitrogens with zero attached hydrogens (tertiary/aromatic N) is 1. The number of amides is 1. The van der Waals surface area contributed by atoms with E-state index < -0.39 is 24.9 Å². The fourth-order valence-corrected chi connectivity index (χ4v) is 2.29. The van der Waals surface area contributed by atoms with Crippen LogP contribution in [0.3, 0.4) is 0 Å². The molecule has 1 atom stereocenters. The van der Waals surface area contributed by atoms with Gasteiger partial charge in [0.15, 0.2) is 0 Å². The molecule has 0 unspecified atom stereocenters. The third kappa shape index (κ3) is 4.46. The van der Waals surface area contributed by atoms with Crippen LogP contribution in [0, 0.1) is 0 Å². The number of aromatic carboxylic acids is 1. The second-order valence-electron chi connectivity index (χ2n) is 5.35. The number of hydrogen-bond acceptors (Lipinski definition) is 7. The Kier molecular flexibility index (Phi) is 5.58. The van der Waals surface area contributed by atoms with Gasteiger partial charge >= 0.3 is 13.1 Å². The number of carbonyl (C=O) groups excluding carboxylic acids is 1. The molecule has 0 spiro atoms. The van der Waals surface area contributed by atoms with Gasteiger partial charge in [0, 0.05) is 17.4 Å². The molecule has 0 fully saturated rings. The minimum absolute atomic E-state index is 0.00283. The van der Waals surface area contributed by atoms with E-state index in [0.29, 0.717) is 5.56 Å². The van der Waals surface area contributed by atoms with Crippen molar-refractivity contribution >= 4 is 30.5 Å². The van der Waals surface area contributed by atoms with Gasteiger partial charge in [-0.25, -0.2) is 9.78 Å². The number of carboxylic acids is 1. The van der Waals surface area contributed by atoms with E-state index in [-0.39, 0.29) is 29.1 Å². The van der Waals surface area contributed by atoms with Crippen LogP contribution in [0.4, 0.5) is 11.5 Å². The third-order valence-corrected chi connectivity index (χ3v) is 3.59. The Hall–Kier alpha value is -3.11. The second-order valence-corrected chi connectivity index (χ2v) is 5.35. The van der Waals surface area contributed by atoms with E-state index in [1.165, 1.54) is 30.5 Å². The standard InChI is InChI=1S/C15H17BN4O5/c17-12-7-9(4-5-19-12)14(21)20-11(16(24)25)6-8-2-1-3-10(13(8)18)15(22)23/h1-5,7,11,24-25H,6,18H2,(H2,17,19)(H,20,21)(H,22,23)/t11-/m0/s1. The summed E-state index contributed by atoms with van der Waals surface area (Å²) in [6.07, 6.45) is 1.28. The van der Waals surface area contributed by atoms with Crippen LogP contribution < -0.4 is 16.8 Å². The molecule has 0 bridgehead atoms. The number of nitrogen functional groups attached to an aromatic ring is 2. The van der Waals surface area contributed by atoms with Crippen molar-refractivity contribution in [1.29, 1.82) is 0 Å². The Labute approximate surface area is 143 Å². The summed E-state index contributed by atoms with van der Waals surface area (Å²) in [6, 6.07) is 7.14. The number of rotatable bonds is 6. The van der Waals surface area contributed by atoms with Crippen LogP contribution in [0.5, 0.6) is 0 Å². The maximum atomic E-state index is 12.2. The number of carboxylic acid groups (broad SMARTS) is 1. The van der Waals surface area contributed by atoms with Crippen molar-refractivity contribution in [3.05, 3.63) is 53.2 Å². The summed E-state index contributed by atoms with van der Waals surface area (Å²) in [4.78, 5) is 27.1. The van der Waals surface area contributed by atoms with Crippen LogP contribution in [0.25, 0.3) is 0 Å². The average molecular weight is 344 g/mol. The highest BCUT2D eigenvalue weighted by Crippen LogP contribution is 2.19. The summed E-state index contributed by atoms with van der Waals surface area (Å²) in [5.74, 6) is -2.74. The molecule has 1 aromatic heterocycles. The topological polar surface area (TPSA) is 172 Å². The van der Waals surface area contributed by atoms with E-state index in [0.717, 1.165) is 0 Å². The van der Waals surface area contributed by atoms with Crippen LogP contribution in [0.2, 0.25) is 0 Å². The van der Waals surface area contributed by atoms with Crippen LogP contribution in [0.1, 0.15) is 26.3 Å². The Bertz CT molecular complexity index is 799. The first-order valence-electron chi connectivity index (χ1n) is 7.28. The number of nitrogens with two attached hydrogens (primary N) is 2. The van der Waals surface area contributed by atoms with Crippen molar-refractivity contribution in [3.63, 3.8) is 0 Å². The molecule has 1 amide bonds.